The molecule has 5 rings (SSSR count). The predicted octanol–water partition coefficient (Wildman–Crippen LogP) is 4.86. The average Bonchev–Trinajstić information content (AvgIpc) is 3.35. The van der Waals surface area contributed by atoms with Crippen LogP contribution in [-0.2, 0) is 16.1 Å². The molecule has 8 heteroatoms. The molecule has 8 nitrogen and oxygen atoms in total. The Hall–Kier alpha value is -4.33. The van der Waals surface area contributed by atoms with Crippen molar-refractivity contribution in [3.8, 4) is 0 Å². The zero-order valence-corrected chi connectivity index (χ0v) is 21.4. The van der Waals surface area contributed by atoms with Crippen LogP contribution in [0.4, 0.5) is 5.69 Å². The third-order valence-corrected chi connectivity index (χ3v) is 7.08. The predicted molar refractivity (Wildman–Crippen MR) is 146 cm³/mol. The van der Waals surface area contributed by atoms with Crippen LogP contribution in [-0.4, -0.2) is 38.6 Å². The maximum Gasteiger partial charge on any atom is 0.249 e. The van der Waals surface area contributed by atoms with Gasteiger partial charge in [-0.1, -0.05) is 79.1 Å². The van der Waals surface area contributed by atoms with Gasteiger partial charge in [0.2, 0.25) is 11.8 Å². The summed E-state index contributed by atoms with van der Waals surface area (Å²) >= 11 is 0. The van der Waals surface area contributed by atoms with E-state index >= 15 is 0 Å². The summed E-state index contributed by atoms with van der Waals surface area (Å²) in [5.41, 5.74) is 3.03. The Bertz CT molecular complexity index is 1440. The van der Waals surface area contributed by atoms with E-state index in [0.29, 0.717) is 22.3 Å². The maximum absolute atomic E-state index is 14.1. The molecule has 0 radical (unpaired) electrons. The maximum atomic E-state index is 14.1. The molecule has 0 saturated heterocycles. The van der Waals surface area contributed by atoms with Gasteiger partial charge < -0.3 is 5.32 Å². The molecule has 1 heterocycles. The van der Waals surface area contributed by atoms with E-state index in [0.717, 1.165) is 31.2 Å². The number of rotatable bonds is 8. The van der Waals surface area contributed by atoms with E-state index in [1.165, 1.54) is 18.2 Å². The molecule has 38 heavy (non-hydrogen) atoms. The van der Waals surface area contributed by atoms with Gasteiger partial charge in [-0.3, -0.25) is 19.3 Å². The van der Waals surface area contributed by atoms with E-state index in [-0.39, 0.29) is 30.2 Å². The molecule has 0 aliphatic heterocycles. The minimum atomic E-state index is -0.928. The molecule has 1 fully saturated rings. The van der Waals surface area contributed by atoms with E-state index in [9.17, 15) is 14.4 Å². The number of ketones is 1. The number of hydrogen-bond acceptors (Lipinski definition) is 5. The number of Topliss-reactive ketones (excluding diaryl/α,β-unsaturated/α-hetero) is 1. The molecule has 2 amide bonds. The van der Waals surface area contributed by atoms with Gasteiger partial charge in [0.05, 0.1) is 5.52 Å². The van der Waals surface area contributed by atoms with Crippen molar-refractivity contribution in [3.05, 3.63) is 90.0 Å². The topological polar surface area (TPSA) is 97.2 Å². The first-order valence-corrected chi connectivity index (χ1v) is 13.1. The Morgan fingerprint density at radius 1 is 0.947 bits per heavy atom. The second kappa shape index (κ2) is 11.4. The van der Waals surface area contributed by atoms with Crippen LogP contribution in [0.1, 0.15) is 61.0 Å². The zero-order chi connectivity index (χ0) is 26.5. The number of nitrogens with one attached hydrogen (secondary N) is 1. The van der Waals surface area contributed by atoms with Crippen molar-refractivity contribution in [1.29, 1.82) is 0 Å². The lowest BCUT2D eigenvalue weighted by Gasteiger charge is -2.33. The summed E-state index contributed by atoms with van der Waals surface area (Å²) in [6, 6.07) is 22.7. The molecule has 1 saturated carbocycles. The lowest BCUT2D eigenvalue weighted by atomic mass is 9.94. The number of hydrogen-bond donors (Lipinski definition) is 1. The molecule has 1 atom stereocenters. The van der Waals surface area contributed by atoms with E-state index in [2.05, 4.69) is 15.6 Å². The van der Waals surface area contributed by atoms with Gasteiger partial charge in [-0.2, -0.15) is 0 Å². The summed E-state index contributed by atoms with van der Waals surface area (Å²) in [6.45, 7) is 1.36. The van der Waals surface area contributed by atoms with Crippen LogP contribution in [0.2, 0.25) is 0 Å². The molecule has 0 spiro atoms. The van der Waals surface area contributed by atoms with Gasteiger partial charge in [0.1, 0.15) is 18.1 Å². The number of nitrogens with zero attached hydrogens (tertiary/aromatic N) is 4. The standard InChI is InChI=1S/C30H31N5O3/c1-21(36)23-13-10-16-25(19-23)35(28(37)20-34-27-18-9-8-17-26(27)32-33-34)29(22-11-4-2-5-12-22)30(38)31-24-14-6-3-7-15-24/h2,4-5,8-13,16-19,24,29H,3,6-7,14-15,20H2,1H3,(H,31,38)/t29-/m1/s1. The van der Waals surface area contributed by atoms with Crippen molar-refractivity contribution >= 4 is 34.3 Å². The second-order valence-corrected chi connectivity index (χ2v) is 9.76. The monoisotopic (exact) mass is 509 g/mol. The number of benzene rings is 3. The fourth-order valence-electron chi connectivity index (χ4n) is 5.13. The molecular formula is C30H31N5O3. The van der Waals surface area contributed by atoms with Gasteiger partial charge in [0.15, 0.2) is 5.78 Å². The van der Waals surface area contributed by atoms with Crippen LogP contribution < -0.4 is 10.2 Å². The average molecular weight is 510 g/mol. The fraction of sp³-hybridized carbons (Fsp3) is 0.300. The molecule has 4 aromatic rings. The molecule has 0 bridgehead atoms. The third kappa shape index (κ3) is 5.49. The molecule has 1 aliphatic carbocycles. The molecule has 194 valence electrons. The summed E-state index contributed by atoms with van der Waals surface area (Å²) in [5.74, 6) is -0.702. The van der Waals surface area contributed by atoms with Crippen LogP contribution in [0.25, 0.3) is 11.0 Å². The van der Waals surface area contributed by atoms with Crippen LogP contribution in [0, 0.1) is 0 Å². The Labute approximate surface area is 221 Å². The normalized spacial score (nSPS) is 14.7. The minimum absolute atomic E-state index is 0.0715. The molecular weight excluding hydrogens is 478 g/mol. The summed E-state index contributed by atoms with van der Waals surface area (Å²) in [6.07, 6.45) is 5.16. The Balaban J connectivity index is 1.57. The first-order chi connectivity index (χ1) is 18.5. The first-order valence-electron chi connectivity index (χ1n) is 13.1. The number of aromatic nitrogens is 3. The third-order valence-electron chi connectivity index (χ3n) is 7.08. The van der Waals surface area contributed by atoms with E-state index < -0.39 is 6.04 Å². The van der Waals surface area contributed by atoms with E-state index in [4.69, 9.17) is 0 Å². The first kappa shape index (κ1) is 25.3. The number of carbonyl (C=O) groups excluding carboxylic acids is 3. The second-order valence-electron chi connectivity index (χ2n) is 9.76. The van der Waals surface area contributed by atoms with Crippen molar-refractivity contribution in [1.82, 2.24) is 20.3 Å². The van der Waals surface area contributed by atoms with Crippen LogP contribution in [0.15, 0.2) is 78.9 Å². The summed E-state index contributed by atoms with van der Waals surface area (Å²) in [5, 5.41) is 11.6. The largest absolute Gasteiger partial charge is 0.351 e. The summed E-state index contributed by atoms with van der Waals surface area (Å²) in [7, 11) is 0. The van der Waals surface area contributed by atoms with Crippen LogP contribution in [0.5, 0.6) is 0 Å². The lowest BCUT2D eigenvalue weighted by Crippen LogP contribution is -2.48. The van der Waals surface area contributed by atoms with Gasteiger partial charge in [0, 0.05) is 17.3 Å². The number of amides is 2. The number of carbonyl (C=O) groups is 3. The Morgan fingerprint density at radius 2 is 1.68 bits per heavy atom. The molecule has 1 N–H and O–H groups in total. The Kier molecular flexibility index (Phi) is 7.58. The molecule has 1 aromatic heterocycles. The van der Waals surface area contributed by atoms with Crippen molar-refractivity contribution in [2.24, 2.45) is 0 Å². The fourth-order valence-corrected chi connectivity index (χ4v) is 5.13. The number of anilines is 1. The van der Waals surface area contributed by atoms with Crippen LogP contribution in [0.3, 0.4) is 0 Å². The zero-order valence-electron chi connectivity index (χ0n) is 21.4. The highest BCUT2D eigenvalue weighted by molar-refractivity contribution is 6.03. The molecule has 3 aromatic carbocycles. The van der Waals surface area contributed by atoms with Crippen molar-refractivity contribution in [2.45, 2.75) is 57.7 Å². The molecule has 0 unspecified atom stereocenters. The lowest BCUT2D eigenvalue weighted by molar-refractivity contribution is -0.127. The highest BCUT2D eigenvalue weighted by Gasteiger charge is 2.34. The minimum Gasteiger partial charge on any atom is -0.351 e. The number of fused-ring (bicyclic) bond motifs is 1. The van der Waals surface area contributed by atoms with Crippen LogP contribution >= 0.6 is 0 Å². The Morgan fingerprint density at radius 3 is 2.45 bits per heavy atom. The summed E-state index contributed by atoms with van der Waals surface area (Å²) < 4.78 is 1.54. The van der Waals surface area contributed by atoms with Gasteiger partial charge in [-0.25, -0.2) is 4.68 Å². The van der Waals surface area contributed by atoms with Gasteiger partial charge in [-0.05, 0) is 49.6 Å². The van der Waals surface area contributed by atoms with Crippen molar-refractivity contribution in [3.63, 3.8) is 0 Å². The van der Waals surface area contributed by atoms with Crippen molar-refractivity contribution in [2.75, 3.05) is 4.90 Å². The van der Waals surface area contributed by atoms with Gasteiger partial charge >= 0.3 is 0 Å². The highest BCUT2D eigenvalue weighted by atomic mass is 16.2. The van der Waals surface area contributed by atoms with E-state index in [1.807, 2.05) is 54.6 Å². The quantitative estimate of drug-likeness (QED) is 0.342. The molecule has 1 aliphatic rings. The van der Waals surface area contributed by atoms with E-state index in [1.54, 1.807) is 28.9 Å². The summed E-state index contributed by atoms with van der Waals surface area (Å²) in [4.78, 5) is 41.8. The highest BCUT2D eigenvalue weighted by Crippen LogP contribution is 2.30. The smallest absolute Gasteiger partial charge is 0.249 e. The van der Waals surface area contributed by atoms with Crippen molar-refractivity contribution < 1.29 is 14.4 Å². The SMILES string of the molecule is CC(=O)c1cccc(N(C(=O)Cn2nnc3ccccc32)[C@@H](C(=O)NC2CCCCC2)c2ccccc2)c1. The van der Waals surface area contributed by atoms with Gasteiger partial charge in [0.25, 0.3) is 0 Å². The van der Waals surface area contributed by atoms with Gasteiger partial charge in [-0.15, -0.1) is 5.10 Å². The number of para-hydroxylation sites is 1.